The molecule has 1 aliphatic rings. The van der Waals surface area contributed by atoms with Gasteiger partial charge in [-0.05, 0) is 44.5 Å². The largest absolute Gasteiger partial charge is 0.486 e. The molecule has 0 saturated heterocycles. The first kappa shape index (κ1) is 16.7. The third-order valence-electron chi connectivity index (χ3n) is 4.41. The lowest BCUT2D eigenvalue weighted by Gasteiger charge is -2.17. The summed E-state index contributed by atoms with van der Waals surface area (Å²) in [5, 5.41) is 13.3. The number of aromatic nitrogens is 2. The van der Waals surface area contributed by atoms with Gasteiger partial charge >= 0.3 is 5.97 Å². The molecule has 0 atom stereocenters. The molecule has 0 unspecified atom stereocenters. The van der Waals surface area contributed by atoms with Crippen molar-refractivity contribution in [1.82, 2.24) is 9.97 Å². The Morgan fingerprint density at radius 2 is 2.15 bits per heavy atom. The standard InChI is InChI=1S/C19H18ClN3O3/c1-9-4-5-13(12(20)6-9)21-18-22-14-7-10(17(24)25)16-11(15(14)23-18)8-19(2,3)26-16/h4-7H,8H2,1-3H3,(H,24,25)(H2,21,22,23). The number of carbonyl (C=O) groups is 1. The molecule has 3 N–H and O–H groups in total. The number of nitrogens with zero attached hydrogens (tertiary/aromatic N) is 1. The van der Waals surface area contributed by atoms with Crippen LogP contribution >= 0.6 is 11.6 Å². The van der Waals surface area contributed by atoms with Crippen molar-refractivity contribution < 1.29 is 14.6 Å². The van der Waals surface area contributed by atoms with Crippen LogP contribution in [-0.2, 0) is 6.42 Å². The molecule has 4 rings (SSSR count). The van der Waals surface area contributed by atoms with Crippen LogP contribution in [0, 0.1) is 6.92 Å². The van der Waals surface area contributed by atoms with Crippen LogP contribution in [0.25, 0.3) is 11.0 Å². The maximum absolute atomic E-state index is 11.6. The van der Waals surface area contributed by atoms with Gasteiger partial charge in [0, 0.05) is 12.0 Å². The van der Waals surface area contributed by atoms with Crippen molar-refractivity contribution in [2.24, 2.45) is 0 Å². The Morgan fingerprint density at radius 3 is 2.85 bits per heavy atom. The number of aromatic amines is 1. The fourth-order valence-electron chi connectivity index (χ4n) is 3.29. The van der Waals surface area contributed by atoms with E-state index in [1.807, 2.05) is 39.0 Å². The molecule has 1 aliphatic heterocycles. The quantitative estimate of drug-likeness (QED) is 0.622. The van der Waals surface area contributed by atoms with Crippen molar-refractivity contribution in [3.8, 4) is 5.75 Å². The second kappa shape index (κ2) is 5.64. The van der Waals surface area contributed by atoms with E-state index >= 15 is 0 Å². The Kier molecular flexibility index (Phi) is 3.63. The number of fused-ring (bicyclic) bond motifs is 3. The molecule has 0 bridgehead atoms. The number of H-pyrrole nitrogens is 1. The molecule has 0 spiro atoms. The van der Waals surface area contributed by atoms with E-state index in [1.54, 1.807) is 6.07 Å². The summed E-state index contributed by atoms with van der Waals surface area (Å²) in [5.41, 5.74) is 3.63. The van der Waals surface area contributed by atoms with Gasteiger partial charge in [0.1, 0.15) is 16.9 Å². The highest BCUT2D eigenvalue weighted by Gasteiger charge is 2.36. The predicted octanol–water partition coefficient (Wildman–Crippen LogP) is 4.68. The lowest BCUT2D eigenvalue weighted by Crippen LogP contribution is -2.25. The number of hydrogen-bond donors (Lipinski definition) is 3. The lowest BCUT2D eigenvalue weighted by molar-refractivity contribution is 0.0685. The fraction of sp³-hybridized carbons (Fsp3) is 0.263. The Morgan fingerprint density at radius 1 is 1.38 bits per heavy atom. The summed E-state index contributed by atoms with van der Waals surface area (Å²) in [6.45, 7) is 5.83. The number of carboxylic acid groups (broad SMARTS) is 1. The zero-order chi connectivity index (χ0) is 18.6. The van der Waals surface area contributed by atoms with Crippen LogP contribution in [-0.4, -0.2) is 26.6 Å². The first-order valence-corrected chi connectivity index (χ1v) is 8.62. The minimum Gasteiger partial charge on any atom is -0.486 e. The number of carboxylic acids is 1. The minimum absolute atomic E-state index is 0.140. The SMILES string of the molecule is Cc1ccc(Nc2nc3c4c(c(C(=O)O)cc3[nH]2)OC(C)(C)C4)c(Cl)c1. The number of ether oxygens (including phenoxy) is 1. The summed E-state index contributed by atoms with van der Waals surface area (Å²) in [4.78, 5) is 19.4. The Hall–Kier alpha value is -2.73. The maximum Gasteiger partial charge on any atom is 0.339 e. The number of hydrogen-bond acceptors (Lipinski definition) is 4. The van der Waals surface area contributed by atoms with Crippen molar-refractivity contribution in [1.29, 1.82) is 0 Å². The van der Waals surface area contributed by atoms with Gasteiger partial charge in [-0.15, -0.1) is 0 Å². The molecule has 6 nitrogen and oxygen atoms in total. The van der Waals surface area contributed by atoms with E-state index in [0.717, 1.165) is 16.8 Å². The van der Waals surface area contributed by atoms with Gasteiger partial charge in [0.05, 0.1) is 21.7 Å². The molecule has 0 amide bonds. The van der Waals surface area contributed by atoms with E-state index in [2.05, 4.69) is 15.3 Å². The van der Waals surface area contributed by atoms with Gasteiger partial charge in [0.15, 0.2) is 0 Å². The third-order valence-corrected chi connectivity index (χ3v) is 4.73. The van der Waals surface area contributed by atoms with Crippen molar-refractivity contribution in [3.63, 3.8) is 0 Å². The van der Waals surface area contributed by atoms with E-state index in [9.17, 15) is 9.90 Å². The van der Waals surface area contributed by atoms with Crippen molar-refractivity contribution >= 4 is 40.2 Å². The predicted molar refractivity (Wildman–Crippen MR) is 101 cm³/mol. The molecule has 2 aromatic carbocycles. The van der Waals surface area contributed by atoms with Crippen LogP contribution in [0.15, 0.2) is 24.3 Å². The van der Waals surface area contributed by atoms with Crippen LogP contribution in [0.5, 0.6) is 5.75 Å². The Bertz CT molecular complexity index is 1060. The molecule has 26 heavy (non-hydrogen) atoms. The molecule has 3 aromatic rings. The molecular weight excluding hydrogens is 354 g/mol. The highest BCUT2D eigenvalue weighted by molar-refractivity contribution is 6.33. The highest BCUT2D eigenvalue weighted by Crippen LogP contribution is 2.42. The first-order valence-electron chi connectivity index (χ1n) is 8.24. The molecule has 134 valence electrons. The fourth-order valence-corrected chi connectivity index (χ4v) is 3.57. The van der Waals surface area contributed by atoms with Crippen LogP contribution in [0.3, 0.4) is 0 Å². The van der Waals surface area contributed by atoms with Gasteiger partial charge in [-0.25, -0.2) is 9.78 Å². The molecule has 0 saturated carbocycles. The lowest BCUT2D eigenvalue weighted by atomic mass is 9.99. The van der Waals surface area contributed by atoms with Crippen LogP contribution in [0.1, 0.15) is 35.3 Å². The molecule has 0 aliphatic carbocycles. The van der Waals surface area contributed by atoms with E-state index in [1.165, 1.54) is 0 Å². The normalized spacial score (nSPS) is 14.9. The second-order valence-corrected chi connectivity index (χ2v) is 7.57. The average Bonchev–Trinajstić information content (AvgIpc) is 3.08. The van der Waals surface area contributed by atoms with E-state index in [-0.39, 0.29) is 5.56 Å². The van der Waals surface area contributed by atoms with Gasteiger partial charge in [-0.1, -0.05) is 17.7 Å². The van der Waals surface area contributed by atoms with E-state index < -0.39 is 11.6 Å². The number of aromatic carboxylic acids is 1. The molecule has 1 aromatic heterocycles. The van der Waals surface area contributed by atoms with Crippen molar-refractivity contribution in [2.45, 2.75) is 32.8 Å². The van der Waals surface area contributed by atoms with E-state index in [0.29, 0.717) is 34.2 Å². The maximum atomic E-state index is 11.6. The molecule has 0 radical (unpaired) electrons. The summed E-state index contributed by atoms with van der Waals surface area (Å²) >= 11 is 6.27. The smallest absolute Gasteiger partial charge is 0.339 e. The highest BCUT2D eigenvalue weighted by atomic mass is 35.5. The van der Waals surface area contributed by atoms with Crippen LogP contribution in [0.4, 0.5) is 11.6 Å². The summed E-state index contributed by atoms with van der Waals surface area (Å²) in [7, 11) is 0. The summed E-state index contributed by atoms with van der Waals surface area (Å²) in [5.74, 6) is -0.117. The zero-order valence-electron chi connectivity index (χ0n) is 14.6. The minimum atomic E-state index is -1.02. The number of anilines is 2. The van der Waals surface area contributed by atoms with Gasteiger partial charge in [0.2, 0.25) is 5.95 Å². The van der Waals surface area contributed by atoms with Gasteiger partial charge in [-0.2, -0.15) is 0 Å². The number of rotatable bonds is 3. The number of halogens is 1. The Balaban J connectivity index is 1.82. The topological polar surface area (TPSA) is 87.2 Å². The monoisotopic (exact) mass is 371 g/mol. The van der Waals surface area contributed by atoms with Crippen LogP contribution in [0.2, 0.25) is 5.02 Å². The molecule has 2 heterocycles. The summed E-state index contributed by atoms with van der Waals surface area (Å²) in [6.07, 6.45) is 0.593. The second-order valence-electron chi connectivity index (χ2n) is 7.17. The summed E-state index contributed by atoms with van der Waals surface area (Å²) in [6, 6.07) is 7.26. The van der Waals surface area contributed by atoms with Crippen LogP contribution < -0.4 is 10.1 Å². The molecule has 7 heteroatoms. The summed E-state index contributed by atoms with van der Waals surface area (Å²) < 4.78 is 5.88. The number of nitrogens with one attached hydrogen (secondary N) is 2. The first-order chi connectivity index (χ1) is 12.2. The zero-order valence-corrected chi connectivity index (χ0v) is 15.4. The molecular formula is C19H18ClN3O3. The van der Waals surface area contributed by atoms with E-state index in [4.69, 9.17) is 16.3 Å². The van der Waals surface area contributed by atoms with Gasteiger partial charge in [-0.3, -0.25) is 0 Å². The number of benzene rings is 2. The number of imidazole rings is 1. The number of aryl methyl sites for hydroxylation is 1. The van der Waals surface area contributed by atoms with Gasteiger partial charge in [0.25, 0.3) is 0 Å². The van der Waals surface area contributed by atoms with Crippen molar-refractivity contribution in [3.05, 3.63) is 46.0 Å². The average molecular weight is 372 g/mol. The third kappa shape index (κ3) is 2.76. The van der Waals surface area contributed by atoms with Gasteiger partial charge < -0.3 is 20.1 Å². The molecule has 0 fully saturated rings. The Labute approximate surface area is 155 Å². The van der Waals surface area contributed by atoms with Crippen molar-refractivity contribution in [2.75, 3.05) is 5.32 Å².